The van der Waals surface area contributed by atoms with Crippen molar-refractivity contribution >= 4 is 13.6 Å². The highest BCUT2D eigenvalue weighted by Crippen LogP contribution is 2.51. The van der Waals surface area contributed by atoms with E-state index in [1.165, 1.54) is 6.08 Å². The van der Waals surface area contributed by atoms with Crippen molar-refractivity contribution in [3.63, 3.8) is 0 Å². The van der Waals surface area contributed by atoms with Crippen LogP contribution in [-0.4, -0.2) is 31.6 Å². The van der Waals surface area contributed by atoms with Crippen LogP contribution in [0.1, 0.15) is 13.8 Å². The minimum atomic E-state index is -3.64. The summed E-state index contributed by atoms with van der Waals surface area (Å²) < 4.78 is 26.5. The van der Waals surface area contributed by atoms with Crippen molar-refractivity contribution in [3.05, 3.63) is 12.7 Å². The second-order valence-electron chi connectivity index (χ2n) is 2.74. The maximum atomic E-state index is 12.0. The first-order chi connectivity index (χ1) is 7.51. The van der Waals surface area contributed by atoms with Crippen LogP contribution in [0.2, 0.25) is 0 Å². The number of hydrogen-bond donors (Lipinski definition) is 1. The molecule has 0 amide bonds. The topological polar surface area (TPSA) is 87.9 Å². The number of carbonyl (C=O) groups is 1. The molecule has 1 atom stereocenters. The molecule has 16 heavy (non-hydrogen) atoms. The third kappa shape index (κ3) is 4.45. The average molecular weight is 251 g/mol. The fourth-order valence-corrected chi connectivity index (χ4v) is 2.36. The van der Waals surface area contributed by atoms with Crippen molar-refractivity contribution in [1.82, 2.24) is 0 Å². The van der Waals surface area contributed by atoms with E-state index in [2.05, 4.69) is 11.3 Å². The lowest BCUT2D eigenvalue weighted by atomic mass is 10.6. The number of nitrogens with two attached hydrogens (primary N) is 1. The molecule has 0 aromatic rings. The fraction of sp³-hybridized carbons (Fsp3) is 0.667. The molecule has 0 aliphatic rings. The minimum absolute atomic E-state index is 0.00475. The molecule has 2 N–H and O–H groups in total. The molecule has 0 aliphatic carbocycles. The SMILES string of the molecule is C=CCOC(=O)C(N)P(=O)(OCC)OCC. The Morgan fingerprint density at radius 3 is 2.31 bits per heavy atom. The Morgan fingerprint density at radius 1 is 1.44 bits per heavy atom. The minimum Gasteiger partial charge on any atom is -0.460 e. The summed E-state index contributed by atoms with van der Waals surface area (Å²) in [6, 6.07) is 0. The third-order valence-corrected chi connectivity index (χ3v) is 3.67. The zero-order valence-corrected chi connectivity index (χ0v) is 10.4. The van der Waals surface area contributed by atoms with Gasteiger partial charge in [-0.25, -0.2) is 4.79 Å². The quantitative estimate of drug-likeness (QED) is 0.397. The largest absolute Gasteiger partial charge is 0.460 e. The number of rotatable bonds is 8. The first kappa shape index (κ1) is 15.3. The summed E-state index contributed by atoms with van der Waals surface area (Å²) in [5.74, 6) is -2.25. The molecule has 94 valence electrons. The lowest BCUT2D eigenvalue weighted by Gasteiger charge is -2.21. The number of carbonyl (C=O) groups excluding carboxylic acids is 1. The fourth-order valence-electron chi connectivity index (χ4n) is 0.913. The zero-order valence-electron chi connectivity index (χ0n) is 9.55. The van der Waals surface area contributed by atoms with Crippen LogP contribution in [-0.2, 0) is 23.1 Å². The summed E-state index contributed by atoms with van der Waals surface area (Å²) in [6.45, 7) is 6.92. The summed E-state index contributed by atoms with van der Waals surface area (Å²) in [6.07, 6.45) is 1.39. The number of esters is 1. The second-order valence-corrected chi connectivity index (χ2v) is 4.89. The van der Waals surface area contributed by atoms with Gasteiger partial charge < -0.3 is 19.5 Å². The van der Waals surface area contributed by atoms with Crippen LogP contribution in [0.25, 0.3) is 0 Å². The van der Waals surface area contributed by atoms with Gasteiger partial charge in [-0.2, -0.15) is 0 Å². The van der Waals surface area contributed by atoms with E-state index >= 15 is 0 Å². The van der Waals surface area contributed by atoms with Gasteiger partial charge in [-0.1, -0.05) is 12.7 Å². The van der Waals surface area contributed by atoms with Crippen LogP contribution < -0.4 is 5.73 Å². The molecule has 0 radical (unpaired) electrons. The standard InChI is InChI=1S/C9H18NO5P/c1-4-7-13-9(11)8(10)16(12,14-5-2)15-6-3/h4,8H,1,5-7,10H2,2-3H3. The van der Waals surface area contributed by atoms with Crippen molar-refractivity contribution in [3.8, 4) is 0 Å². The molecule has 0 spiro atoms. The molecule has 0 fully saturated rings. The predicted octanol–water partition coefficient (Wildman–Crippen LogP) is 1.27. The highest BCUT2D eigenvalue weighted by Gasteiger charge is 2.39. The maximum Gasteiger partial charge on any atom is 0.358 e. The molecule has 1 unspecified atom stereocenters. The lowest BCUT2D eigenvalue weighted by molar-refractivity contribution is -0.142. The number of ether oxygens (including phenoxy) is 1. The highest BCUT2D eigenvalue weighted by molar-refractivity contribution is 7.55. The van der Waals surface area contributed by atoms with E-state index < -0.39 is 19.3 Å². The predicted molar refractivity (Wildman–Crippen MR) is 60.0 cm³/mol. The molecule has 0 bridgehead atoms. The Hall–Kier alpha value is -0.680. The average Bonchev–Trinajstić information content (AvgIpc) is 2.25. The Balaban J connectivity index is 4.59. The first-order valence-electron chi connectivity index (χ1n) is 4.93. The Bertz CT molecular complexity index is 271. The van der Waals surface area contributed by atoms with Crippen molar-refractivity contribution in [2.75, 3.05) is 19.8 Å². The van der Waals surface area contributed by atoms with E-state index in [0.29, 0.717) is 0 Å². The van der Waals surface area contributed by atoms with Crippen LogP contribution in [0.3, 0.4) is 0 Å². The molecule has 0 aliphatic heterocycles. The molecule has 0 aromatic carbocycles. The maximum absolute atomic E-state index is 12.0. The van der Waals surface area contributed by atoms with Gasteiger partial charge in [0, 0.05) is 0 Å². The van der Waals surface area contributed by atoms with Crippen LogP contribution >= 0.6 is 7.60 Å². The van der Waals surface area contributed by atoms with Gasteiger partial charge in [0.2, 0.25) is 5.78 Å². The van der Waals surface area contributed by atoms with Gasteiger partial charge in [-0.15, -0.1) is 0 Å². The lowest BCUT2D eigenvalue weighted by Crippen LogP contribution is -2.33. The van der Waals surface area contributed by atoms with Crippen molar-refractivity contribution in [1.29, 1.82) is 0 Å². The molecule has 7 heteroatoms. The summed E-state index contributed by atoms with van der Waals surface area (Å²) in [5.41, 5.74) is 5.49. The van der Waals surface area contributed by atoms with Crippen molar-refractivity contribution in [2.24, 2.45) is 5.73 Å². The van der Waals surface area contributed by atoms with Crippen LogP contribution in [0.5, 0.6) is 0 Å². The molecule has 0 aromatic heterocycles. The van der Waals surface area contributed by atoms with Crippen LogP contribution in [0, 0.1) is 0 Å². The van der Waals surface area contributed by atoms with E-state index in [1.807, 2.05) is 0 Å². The Kier molecular flexibility index (Phi) is 7.25. The third-order valence-electron chi connectivity index (χ3n) is 1.54. The highest BCUT2D eigenvalue weighted by atomic mass is 31.2. The summed E-state index contributed by atoms with van der Waals surface area (Å²) in [7, 11) is -3.64. The van der Waals surface area contributed by atoms with Gasteiger partial charge >= 0.3 is 13.6 Å². The monoisotopic (exact) mass is 251 g/mol. The Morgan fingerprint density at radius 2 is 1.94 bits per heavy atom. The Labute approximate surface area is 95.3 Å². The van der Waals surface area contributed by atoms with Gasteiger partial charge in [0.15, 0.2) is 0 Å². The van der Waals surface area contributed by atoms with E-state index in [-0.39, 0.29) is 19.8 Å². The summed E-state index contributed by atoms with van der Waals surface area (Å²) in [5, 5.41) is 0. The van der Waals surface area contributed by atoms with Gasteiger partial charge in [0.25, 0.3) is 0 Å². The summed E-state index contributed by atoms with van der Waals surface area (Å²) in [4.78, 5) is 11.4. The summed E-state index contributed by atoms with van der Waals surface area (Å²) >= 11 is 0. The van der Waals surface area contributed by atoms with Crippen LogP contribution in [0.15, 0.2) is 12.7 Å². The zero-order chi connectivity index (χ0) is 12.6. The van der Waals surface area contributed by atoms with Gasteiger partial charge in [0.05, 0.1) is 13.2 Å². The molecule has 6 nitrogen and oxygen atoms in total. The molecule has 0 heterocycles. The number of hydrogen-bond acceptors (Lipinski definition) is 6. The molecular weight excluding hydrogens is 233 g/mol. The first-order valence-corrected chi connectivity index (χ1v) is 6.54. The van der Waals surface area contributed by atoms with Gasteiger partial charge in [0.1, 0.15) is 6.61 Å². The van der Waals surface area contributed by atoms with E-state index in [4.69, 9.17) is 14.8 Å². The van der Waals surface area contributed by atoms with Crippen molar-refractivity contribution in [2.45, 2.75) is 19.6 Å². The van der Waals surface area contributed by atoms with Crippen molar-refractivity contribution < 1.29 is 23.1 Å². The van der Waals surface area contributed by atoms with Gasteiger partial charge in [-0.05, 0) is 13.8 Å². The smallest absolute Gasteiger partial charge is 0.358 e. The van der Waals surface area contributed by atoms with E-state index in [1.54, 1.807) is 13.8 Å². The van der Waals surface area contributed by atoms with E-state index in [9.17, 15) is 9.36 Å². The second kappa shape index (κ2) is 7.57. The van der Waals surface area contributed by atoms with Crippen LogP contribution in [0.4, 0.5) is 0 Å². The molecule has 0 saturated carbocycles. The van der Waals surface area contributed by atoms with E-state index in [0.717, 1.165) is 0 Å². The van der Waals surface area contributed by atoms with Gasteiger partial charge in [-0.3, -0.25) is 4.57 Å². The molecule has 0 rings (SSSR count). The normalized spacial score (nSPS) is 13.2. The molecule has 0 saturated heterocycles. The molecular formula is C9H18NO5P.